The number of nitrogens with two attached hydrogens (primary N) is 3. The fraction of sp³-hybridized carbons (Fsp3) is 1.00. The van der Waals surface area contributed by atoms with Gasteiger partial charge in [0.2, 0.25) is 0 Å². The standard InChI is InChI=1S/C19H38N4O10/c1-19(29)5-30-17(13(28)16(19)23-2)32-14-6(21)3-7(22)15(12(14)27)33-18-11(26)10(25)9(24)8(4-20)31-18/h6-18,23-29H,3-5,20-22H2,1-2H3/t6-,7+,8-,9-,10+,11-,12-,13-,14+,15?,16-,17-,18-,19+/m1/s1. The van der Waals surface area contributed by atoms with Crippen LogP contribution in [-0.4, -0.2) is 136 Å². The zero-order valence-corrected chi connectivity index (χ0v) is 18.7. The molecule has 1 unspecified atom stereocenters. The highest BCUT2D eigenvalue weighted by Gasteiger charge is 2.52. The molecule has 0 radical (unpaired) electrons. The van der Waals surface area contributed by atoms with Crippen LogP contribution in [0.1, 0.15) is 13.3 Å². The molecular formula is C19H38N4O10. The van der Waals surface area contributed by atoms with E-state index in [1.54, 1.807) is 7.05 Å². The average molecular weight is 483 g/mol. The number of rotatable bonds is 6. The fourth-order valence-corrected chi connectivity index (χ4v) is 4.74. The summed E-state index contributed by atoms with van der Waals surface area (Å²) >= 11 is 0. The molecule has 1 saturated carbocycles. The highest BCUT2D eigenvalue weighted by atomic mass is 16.7. The highest BCUT2D eigenvalue weighted by Crippen LogP contribution is 2.31. The van der Waals surface area contributed by atoms with Crippen LogP contribution >= 0.6 is 0 Å². The van der Waals surface area contributed by atoms with Gasteiger partial charge in [-0.3, -0.25) is 0 Å². The van der Waals surface area contributed by atoms with Crippen molar-refractivity contribution < 1.29 is 49.6 Å². The second-order valence-corrected chi connectivity index (χ2v) is 9.30. The summed E-state index contributed by atoms with van der Waals surface area (Å²) in [5.41, 5.74) is 16.5. The fourth-order valence-electron chi connectivity index (χ4n) is 4.74. The maximum Gasteiger partial charge on any atom is 0.187 e. The molecule has 2 heterocycles. The Bertz CT molecular complexity index is 646. The lowest BCUT2D eigenvalue weighted by molar-refractivity contribution is -0.329. The Labute approximate surface area is 191 Å². The van der Waals surface area contributed by atoms with Crippen LogP contribution in [0.3, 0.4) is 0 Å². The van der Waals surface area contributed by atoms with Crippen molar-refractivity contribution in [1.82, 2.24) is 5.32 Å². The molecule has 0 bridgehead atoms. The minimum Gasteiger partial charge on any atom is -0.388 e. The Morgan fingerprint density at radius 2 is 1.48 bits per heavy atom. The van der Waals surface area contributed by atoms with Crippen LogP contribution in [0.5, 0.6) is 0 Å². The van der Waals surface area contributed by atoms with Crippen molar-refractivity contribution in [1.29, 1.82) is 0 Å². The summed E-state index contributed by atoms with van der Waals surface area (Å²) < 4.78 is 22.5. The number of likely N-dealkylation sites (N-methyl/N-ethyl adjacent to an activating group) is 1. The second kappa shape index (κ2) is 10.6. The number of hydrogen-bond acceptors (Lipinski definition) is 14. The zero-order valence-electron chi connectivity index (χ0n) is 18.7. The molecule has 14 atom stereocenters. The Morgan fingerprint density at radius 1 is 0.909 bits per heavy atom. The first-order valence-electron chi connectivity index (χ1n) is 11.0. The Balaban J connectivity index is 1.71. The van der Waals surface area contributed by atoms with Crippen molar-refractivity contribution in [3.63, 3.8) is 0 Å². The van der Waals surface area contributed by atoms with Crippen LogP contribution < -0.4 is 22.5 Å². The molecule has 0 aromatic rings. The normalized spacial score (nSPS) is 53.7. The van der Waals surface area contributed by atoms with E-state index in [1.807, 2.05) is 0 Å². The van der Waals surface area contributed by atoms with Gasteiger partial charge in [0.15, 0.2) is 12.6 Å². The molecule has 14 nitrogen and oxygen atoms in total. The molecule has 13 N–H and O–H groups in total. The molecule has 1 aliphatic carbocycles. The minimum atomic E-state index is -1.63. The highest BCUT2D eigenvalue weighted by molar-refractivity contribution is 5.02. The van der Waals surface area contributed by atoms with Gasteiger partial charge in [-0.05, 0) is 20.4 Å². The summed E-state index contributed by atoms with van der Waals surface area (Å²) in [4.78, 5) is 0. The molecule has 33 heavy (non-hydrogen) atoms. The van der Waals surface area contributed by atoms with Gasteiger partial charge in [-0.25, -0.2) is 0 Å². The summed E-state index contributed by atoms with van der Waals surface area (Å²) in [6, 6.07) is -2.30. The SMILES string of the molecule is CN[C@@H]1[C@@H](O)[C@@H](O[C@H]2[C@H](N)C[C@H](N)C(O[C@H]3O[C@H](CN)[C@@H](O)[C@H](O)[C@H]3O)[C@@H]2O)OC[C@]1(C)O. The average Bonchev–Trinajstić information content (AvgIpc) is 2.75. The summed E-state index contributed by atoms with van der Waals surface area (Å²) in [5.74, 6) is 0. The Kier molecular flexibility index (Phi) is 8.68. The number of hydrogen-bond donors (Lipinski definition) is 10. The van der Waals surface area contributed by atoms with E-state index in [4.69, 9.17) is 36.1 Å². The van der Waals surface area contributed by atoms with Gasteiger partial charge in [0, 0.05) is 18.6 Å². The van der Waals surface area contributed by atoms with Crippen LogP contribution in [0.15, 0.2) is 0 Å². The lowest BCUT2D eigenvalue weighted by Gasteiger charge is -2.48. The number of aliphatic hydroxyl groups is 6. The van der Waals surface area contributed by atoms with Gasteiger partial charge in [-0.15, -0.1) is 0 Å². The van der Waals surface area contributed by atoms with Gasteiger partial charge in [0.05, 0.1) is 12.6 Å². The topological polar surface area (TPSA) is 248 Å². The van der Waals surface area contributed by atoms with Crippen molar-refractivity contribution >= 4 is 0 Å². The third kappa shape index (κ3) is 5.34. The van der Waals surface area contributed by atoms with Crippen LogP contribution in [0, 0.1) is 0 Å². The number of nitrogens with one attached hydrogen (secondary N) is 1. The van der Waals surface area contributed by atoms with Gasteiger partial charge in [0.25, 0.3) is 0 Å². The largest absolute Gasteiger partial charge is 0.388 e. The molecule has 2 aliphatic heterocycles. The van der Waals surface area contributed by atoms with Crippen LogP contribution in [-0.2, 0) is 18.9 Å². The first-order chi connectivity index (χ1) is 15.4. The number of ether oxygens (including phenoxy) is 4. The molecule has 3 rings (SSSR count). The second-order valence-electron chi connectivity index (χ2n) is 9.30. The smallest absolute Gasteiger partial charge is 0.187 e. The first kappa shape index (κ1) is 27.0. The van der Waals surface area contributed by atoms with Crippen LogP contribution in [0.2, 0.25) is 0 Å². The van der Waals surface area contributed by atoms with Gasteiger partial charge in [-0.1, -0.05) is 0 Å². The molecule has 0 aromatic carbocycles. The van der Waals surface area contributed by atoms with Crippen LogP contribution in [0.4, 0.5) is 0 Å². The molecule has 3 aliphatic rings. The van der Waals surface area contributed by atoms with Crippen molar-refractivity contribution in [3.05, 3.63) is 0 Å². The van der Waals surface area contributed by atoms with E-state index in [0.29, 0.717) is 0 Å². The third-order valence-electron chi connectivity index (χ3n) is 6.69. The van der Waals surface area contributed by atoms with Crippen LogP contribution in [0.25, 0.3) is 0 Å². The lowest BCUT2D eigenvalue weighted by atomic mass is 9.84. The van der Waals surface area contributed by atoms with Crippen molar-refractivity contribution in [2.75, 3.05) is 20.2 Å². The van der Waals surface area contributed by atoms with E-state index in [-0.39, 0.29) is 19.6 Å². The third-order valence-corrected chi connectivity index (χ3v) is 6.69. The molecule has 3 fully saturated rings. The molecule has 194 valence electrons. The monoisotopic (exact) mass is 482 g/mol. The molecule has 0 aromatic heterocycles. The van der Waals surface area contributed by atoms with E-state index in [9.17, 15) is 30.6 Å². The zero-order chi connectivity index (χ0) is 24.7. The summed E-state index contributed by atoms with van der Waals surface area (Å²) in [5, 5.41) is 65.2. The van der Waals surface area contributed by atoms with Gasteiger partial charge >= 0.3 is 0 Å². The lowest BCUT2D eigenvalue weighted by Crippen LogP contribution is -2.69. The molecule has 0 spiro atoms. The molecular weight excluding hydrogens is 444 g/mol. The van der Waals surface area contributed by atoms with Crippen molar-refractivity contribution in [2.24, 2.45) is 17.2 Å². The minimum absolute atomic E-state index is 0.138. The Morgan fingerprint density at radius 3 is 2.03 bits per heavy atom. The van der Waals surface area contributed by atoms with E-state index in [0.717, 1.165) is 0 Å². The van der Waals surface area contributed by atoms with E-state index in [2.05, 4.69) is 5.32 Å². The summed E-state index contributed by atoms with van der Waals surface area (Å²) in [6.07, 6.45) is -13.0. The molecule has 0 amide bonds. The van der Waals surface area contributed by atoms with Crippen molar-refractivity contribution in [2.45, 2.75) is 98.5 Å². The predicted molar refractivity (Wildman–Crippen MR) is 111 cm³/mol. The van der Waals surface area contributed by atoms with E-state index < -0.39 is 85.1 Å². The summed E-state index contributed by atoms with van der Waals surface area (Å²) in [7, 11) is 1.57. The predicted octanol–water partition coefficient (Wildman–Crippen LogP) is -6.00. The first-order valence-corrected chi connectivity index (χ1v) is 11.0. The maximum atomic E-state index is 11.0. The molecule has 14 heteroatoms. The number of aliphatic hydroxyl groups excluding tert-OH is 5. The van der Waals surface area contributed by atoms with E-state index in [1.165, 1.54) is 6.92 Å². The molecule has 2 saturated heterocycles. The maximum absolute atomic E-state index is 11.0. The van der Waals surface area contributed by atoms with Gasteiger partial charge in [-0.2, -0.15) is 0 Å². The summed E-state index contributed by atoms with van der Waals surface area (Å²) in [6.45, 7) is 1.22. The quantitative estimate of drug-likeness (QED) is 0.169. The Hall–Kier alpha value is -0.560. The van der Waals surface area contributed by atoms with Gasteiger partial charge < -0.3 is 72.1 Å². The van der Waals surface area contributed by atoms with Crippen molar-refractivity contribution in [3.8, 4) is 0 Å². The van der Waals surface area contributed by atoms with E-state index >= 15 is 0 Å². The van der Waals surface area contributed by atoms with Gasteiger partial charge in [0.1, 0.15) is 54.4 Å².